The van der Waals surface area contributed by atoms with Gasteiger partial charge in [-0.3, -0.25) is 14.4 Å². The number of nitrogens with zero attached hydrogens (tertiary/aromatic N) is 1. The predicted octanol–water partition coefficient (Wildman–Crippen LogP) is 1.93. The topological polar surface area (TPSA) is 119 Å². The van der Waals surface area contributed by atoms with E-state index in [9.17, 15) is 14.4 Å². The van der Waals surface area contributed by atoms with Crippen LogP contribution in [0.1, 0.15) is 44.1 Å². The first-order valence-electron chi connectivity index (χ1n) is 12.5. The largest absolute Gasteiger partial charge is 0.368 e. The van der Waals surface area contributed by atoms with Crippen molar-refractivity contribution >= 4 is 29.5 Å². The monoisotopic (exact) mass is 486 g/mol. The Labute approximate surface area is 206 Å². The summed E-state index contributed by atoms with van der Waals surface area (Å²) in [5, 5.41) is 2.74. The number of hydrogen-bond acceptors (Lipinski definition) is 5. The zero-order valence-corrected chi connectivity index (χ0v) is 20.8. The van der Waals surface area contributed by atoms with E-state index in [0.29, 0.717) is 24.7 Å². The van der Waals surface area contributed by atoms with Gasteiger partial charge in [-0.2, -0.15) is 11.8 Å². The van der Waals surface area contributed by atoms with Gasteiger partial charge >= 0.3 is 0 Å². The maximum atomic E-state index is 13.7. The molecule has 7 nitrogen and oxygen atoms in total. The predicted molar refractivity (Wildman–Crippen MR) is 135 cm³/mol. The highest BCUT2D eigenvalue weighted by atomic mass is 32.2. The Morgan fingerprint density at radius 1 is 1.06 bits per heavy atom. The molecule has 4 aliphatic rings. The molecule has 0 unspecified atom stereocenters. The van der Waals surface area contributed by atoms with E-state index in [1.54, 1.807) is 16.7 Å². The van der Waals surface area contributed by atoms with E-state index in [1.165, 1.54) is 6.42 Å². The smallest absolute Gasteiger partial charge is 0.242 e. The van der Waals surface area contributed by atoms with Crippen LogP contribution in [0.4, 0.5) is 0 Å². The minimum atomic E-state index is -0.737. The van der Waals surface area contributed by atoms with Gasteiger partial charge in [0, 0.05) is 12.5 Å². The summed E-state index contributed by atoms with van der Waals surface area (Å²) in [7, 11) is 0. The molecule has 4 saturated carbocycles. The van der Waals surface area contributed by atoms with Gasteiger partial charge in [-0.25, -0.2) is 0 Å². The fraction of sp³-hybridized carbons (Fsp3) is 0.654. The van der Waals surface area contributed by atoms with Gasteiger partial charge < -0.3 is 21.7 Å². The molecular formula is C26H38N4O3S. The van der Waals surface area contributed by atoms with Crippen LogP contribution in [0.2, 0.25) is 0 Å². The second kappa shape index (κ2) is 11.1. The lowest BCUT2D eigenvalue weighted by Gasteiger charge is -2.58. The molecule has 0 saturated heterocycles. The van der Waals surface area contributed by atoms with Crippen LogP contribution in [0.15, 0.2) is 30.3 Å². The number of benzene rings is 1. The average Bonchev–Trinajstić information content (AvgIpc) is 2.82. The number of carbonyl (C=O) groups is 3. The molecule has 34 heavy (non-hydrogen) atoms. The molecule has 0 spiro atoms. The molecule has 4 fully saturated rings. The van der Waals surface area contributed by atoms with Crippen LogP contribution in [0.25, 0.3) is 0 Å². The Hall–Kier alpha value is -2.06. The summed E-state index contributed by atoms with van der Waals surface area (Å²) in [5.41, 5.74) is 12.9. The third-order valence-electron chi connectivity index (χ3n) is 8.11. The fourth-order valence-electron chi connectivity index (χ4n) is 6.83. The Balaban J connectivity index is 1.55. The van der Waals surface area contributed by atoms with Crippen LogP contribution in [0, 0.1) is 23.7 Å². The highest BCUT2D eigenvalue weighted by molar-refractivity contribution is 7.98. The van der Waals surface area contributed by atoms with Crippen molar-refractivity contribution < 1.29 is 14.4 Å². The Morgan fingerprint density at radius 3 is 2.24 bits per heavy atom. The van der Waals surface area contributed by atoms with Crippen molar-refractivity contribution in [3.63, 3.8) is 0 Å². The lowest BCUT2D eigenvalue weighted by Crippen LogP contribution is -2.64. The van der Waals surface area contributed by atoms with E-state index in [4.69, 9.17) is 11.5 Å². The summed E-state index contributed by atoms with van der Waals surface area (Å²) in [6.45, 7) is -0.160. The number of hydrogen-bond donors (Lipinski definition) is 3. The Morgan fingerprint density at radius 2 is 1.68 bits per heavy atom. The lowest BCUT2D eigenvalue weighted by molar-refractivity contribution is -0.153. The van der Waals surface area contributed by atoms with Crippen molar-refractivity contribution in [3.05, 3.63) is 35.9 Å². The Kier molecular flexibility index (Phi) is 8.19. The Bertz CT molecular complexity index is 852. The standard InChI is InChI=1S/C26H38N4O3S/c1-34-8-7-21(27)26(33)29-15-23(31)30(22(25(28)32)14-16-5-3-2-4-6-16)24-19-10-17-9-18(12-19)13-20(24)11-17/h2-6,17-22,24H,7-15,27H2,1H3,(H2,28,32)(H,29,33)/t17?,18?,19?,20?,21-,22-,24?/m0/s1. The molecule has 0 aromatic heterocycles. The fourth-order valence-corrected chi connectivity index (χ4v) is 7.32. The number of rotatable bonds is 11. The quantitative estimate of drug-likeness (QED) is 0.442. The van der Waals surface area contributed by atoms with E-state index < -0.39 is 18.0 Å². The molecule has 0 aliphatic heterocycles. The van der Waals surface area contributed by atoms with Crippen LogP contribution in [-0.2, 0) is 20.8 Å². The number of nitrogens with one attached hydrogen (secondary N) is 1. The molecule has 5 N–H and O–H groups in total. The minimum absolute atomic E-state index is 0.00331. The zero-order valence-electron chi connectivity index (χ0n) is 20.0. The normalized spacial score (nSPS) is 28.8. The summed E-state index contributed by atoms with van der Waals surface area (Å²) in [6, 6.07) is 8.33. The SMILES string of the molecule is CSCC[C@H](N)C(=O)NCC(=O)N(C1C2CC3CC(C2)CC1C3)[C@@H](Cc1ccccc1)C(N)=O. The van der Waals surface area contributed by atoms with Gasteiger partial charge in [-0.1, -0.05) is 30.3 Å². The van der Waals surface area contributed by atoms with Crippen molar-refractivity contribution in [1.82, 2.24) is 10.2 Å². The molecule has 1 aromatic rings. The molecule has 2 atom stereocenters. The van der Waals surface area contributed by atoms with E-state index in [0.717, 1.165) is 48.8 Å². The maximum Gasteiger partial charge on any atom is 0.242 e. The maximum absolute atomic E-state index is 13.7. The molecule has 4 bridgehead atoms. The second-order valence-electron chi connectivity index (χ2n) is 10.4. The van der Waals surface area contributed by atoms with E-state index in [2.05, 4.69) is 5.32 Å². The first-order valence-corrected chi connectivity index (χ1v) is 13.9. The molecule has 0 heterocycles. The highest BCUT2D eigenvalue weighted by Gasteiger charge is 2.52. The van der Waals surface area contributed by atoms with Gasteiger partial charge in [0.25, 0.3) is 0 Å². The molecule has 5 rings (SSSR count). The van der Waals surface area contributed by atoms with E-state index >= 15 is 0 Å². The van der Waals surface area contributed by atoms with Crippen molar-refractivity contribution in [3.8, 4) is 0 Å². The van der Waals surface area contributed by atoms with Gasteiger partial charge in [-0.05, 0) is 79.8 Å². The van der Waals surface area contributed by atoms with Crippen molar-refractivity contribution in [2.45, 2.75) is 63.1 Å². The van der Waals surface area contributed by atoms with Gasteiger partial charge in [0.1, 0.15) is 6.04 Å². The molecule has 4 aliphatic carbocycles. The summed E-state index contributed by atoms with van der Waals surface area (Å²) >= 11 is 1.63. The summed E-state index contributed by atoms with van der Waals surface area (Å²) in [5.74, 6) is 2.01. The summed E-state index contributed by atoms with van der Waals surface area (Å²) < 4.78 is 0. The van der Waals surface area contributed by atoms with Crippen LogP contribution in [-0.4, -0.2) is 59.3 Å². The molecule has 186 valence electrons. The van der Waals surface area contributed by atoms with Gasteiger partial charge in [0.05, 0.1) is 12.6 Å². The number of primary amides is 1. The third-order valence-corrected chi connectivity index (χ3v) is 8.75. The molecule has 1 aromatic carbocycles. The number of thioether (sulfide) groups is 1. The molecule has 8 heteroatoms. The van der Waals surface area contributed by atoms with Gasteiger partial charge in [-0.15, -0.1) is 0 Å². The molecule has 0 radical (unpaired) electrons. The number of amides is 3. The third kappa shape index (κ3) is 5.60. The van der Waals surface area contributed by atoms with Crippen LogP contribution >= 0.6 is 11.8 Å². The van der Waals surface area contributed by atoms with E-state index in [1.807, 2.05) is 36.6 Å². The molecular weight excluding hydrogens is 448 g/mol. The van der Waals surface area contributed by atoms with Crippen LogP contribution < -0.4 is 16.8 Å². The lowest BCUT2D eigenvalue weighted by atomic mass is 9.53. The minimum Gasteiger partial charge on any atom is -0.368 e. The van der Waals surface area contributed by atoms with Crippen molar-refractivity contribution in [1.29, 1.82) is 0 Å². The van der Waals surface area contributed by atoms with Crippen LogP contribution in [0.5, 0.6) is 0 Å². The average molecular weight is 487 g/mol. The summed E-state index contributed by atoms with van der Waals surface area (Å²) in [6.07, 6.45) is 8.67. The first-order chi connectivity index (χ1) is 16.4. The highest BCUT2D eigenvalue weighted by Crippen LogP contribution is 2.55. The summed E-state index contributed by atoms with van der Waals surface area (Å²) in [4.78, 5) is 40.7. The van der Waals surface area contributed by atoms with Gasteiger partial charge in [0.2, 0.25) is 17.7 Å². The zero-order chi connectivity index (χ0) is 24.2. The second-order valence-corrected chi connectivity index (χ2v) is 11.4. The molecule has 3 amide bonds. The van der Waals surface area contributed by atoms with E-state index in [-0.39, 0.29) is 24.4 Å². The number of carbonyl (C=O) groups excluding carboxylic acids is 3. The first kappa shape index (κ1) is 25.0. The van der Waals surface area contributed by atoms with Gasteiger partial charge in [0.15, 0.2) is 0 Å². The van der Waals surface area contributed by atoms with Crippen LogP contribution in [0.3, 0.4) is 0 Å². The van der Waals surface area contributed by atoms with Crippen molar-refractivity contribution in [2.24, 2.45) is 35.1 Å². The van der Waals surface area contributed by atoms with Crippen molar-refractivity contribution in [2.75, 3.05) is 18.6 Å². The number of nitrogens with two attached hydrogens (primary N) is 2.